The highest BCUT2D eigenvalue weighted by Crippen LogP contribution is 2.43. The van der Waals surface area contributed by atoms with Crippen molar-refractivity contribution >= 4 is 61.7 Å². The summed E-state index contributed by atoms with van der Waals surface area (Å²) in [5.74, 6) is 0.550. The van der Waals surface area contributed by atoms with Crippen LogP contribution in [0.1, 0.15) is 111 Å². The maximum Gasteiger partial charge on any atom is 0.256 e. The molecule has 310 valence electrons. The largest absolute Gasteiger partial charge is 0.388 e. The van der Waals surface area contributed by atoms with Crippen molar-refractivity contribution in [2.75, 3.05) is 52.9 Å². The molecule has 2 unspecified atom stereocenters. The Bertz CT molecular complexity index is 2800. The first-order chi connectivity index (χ1) is 29.2. The minimum absolute atomic E-state index is 0.0164. The van der Waals surface area contributed by atoms with E-state index in [0.717, 1.165) is 162 Å². The lowest BCUT2D eigenvalue weighted by Crippen LogP contribution is -2.31. The van der Waals surface area contributed by atoms with Crippen LogP contribution in [-0.4, -0.2) is 124 Å². The zero-order valence-corrected chi connectivity index (χ0v) is 34.8. The number of nitrogens with zero attached hydrogens (tertiary/aromatic N) is 10. The highest BCUT2D eigenvalue weighted by Gasteiger charge is 2.37. The summed E-state index contributed by atoms with van der Waals surface area (Å²) in [5, 5.41) is 14.8. The number of aliphatic hydroxyl groups is 1. The van der Waals surface area contributed by atoms with Gasteiger partial charge in [-0.2, -0.15) is 0 Å². The molecule has 6 aromatic rings. The number of likely N-dealkylation sites (tertiary alicyclic amines) is 1. The lowest BCUT2D eigenvalue weighted by molar-refractivity contribution is 0.0745. The number of Topliss-reactive ketones (excluding diaryl/α,β-unsaturated/α-hetero) is 1. The van der Waals surface area contributed by atoms with Gasteiger partial charge in [0.2, 0.25) is 0 Å². The number of aliphatic hydroxyl groups excluding tert-OH is 1. The van der Waals surface area contributed by atoms with Gasteiger partial charge in [-0.1, -0.05) is 13.8 Å². The first kappa shape index (κ1) is 37.7. The van der Waals surface area contributed by atoms with Crippen LogP contribution in [0.4, 0.5) is 0 Å². The number of ketones is 1. The number of hydrogen-bond acceptors (Lipinski definition) is 10. The van der Waals surface area contributed by atoms with Gasteiger partial charge in [-0.25, -0.2) is 19.9 Å². The SMILES string of the molecule is CCN(CC)CCn1c2ncc3c(c2c2c4c(cnc21)C(=O)N(CC1CCCN(CCn2c5ncc6c(c5c5c7c(cnc52)C(O)CC7)CCC6=O)CC1)C4)CN(C)C3=O. The normalized spacial score (nSPS) is 20.5. The van der Waals surface area contributed by atoms with Gasteiger partial charge in [0.05, 0.1) is 17.2 Å². The van der Waals surface area contributed by atoms with E-state index < -0.39 is 6.10 Å². The van der Waals surface area contributed by atoms with Gasteiger partial charge in [0.1, 0.15) is 22.6 Å². The fraction of sp³-hybridized carbons (Fsp3) is 0.500. The highest BCUT2D eigenvalue weighted by atomic mass is 16.3. The summed E-state index contributed by atoms with van der Waals surface area (Å²) in [5.41, 5.74) is 10.6. The van der Waals surface area contributed by atoms with Crippen LogP contribution in [0.15, 0.2) is 24.8 Å². The molecule has 0 bridgehead atoms. The van der Waals surface area contributed by atoms with Crippen LogP contribution in [-0.2, 0) is 39.0 Å². The number of fused-ring (bicyclic) bond motifs is 14. The maximum absolute atomic E-state index is 14.2. The summed E-state index contributed by atoms with van der Waals surface area (Å²) in [4.78, 5) is 68.6. The fourth-order valence-electron chi connectivity index (χ4n) is 11.3. The molecule has 1 N–H and O–H groups in total. The summed E-state index contributed by atoms with van der Waals surface area (Å²) in [7, 11) is 1.83. The summed E-state index contributed by atoms with van der Waals surface area (Å²) in [6, 6.07) is 0. The molecule has 14 heteroatoms. The molecule has 2 amide bonds. The molecule has 2 atom stereocenters. The zero-order chi connectivity index (χ0) is 41.0. The van der Waals surface area contributed by atoms with E-state index in [4.69, 9.17) is 19.9 Å². The molecule has 0 aromatic carbocycles. The van der Waals surface area contributed by atoms with E-state index in [2.05, 4.69) is 32.8 Å². The predicted molar refractivity (Wildman–Crippen MR) is 228 cm³/mol. The Kier molecular flexibility index (Phi) is 9.05. The molecular weight excluding hydrogens is 757 g/mol. The van der Waals surface area contributed by atoms with Crippen LogP contribution in [0.25, 0.3) is 44.1 Å². The average molecular weight is 809 g/mol. The lowest BCUT2D eigenvalue weighted by Gasteiger charge is -2.23. The van der Waals surface area contributed by atoms with E-state index >= 15 is 0 Å². The number of aromatic nitrogens is 6. The minimum Gasteiger partial charge on any atom is -0.388 e. The van der Waals surface area contributed by atoms with Gasteiger partial charge in [-0.15, -0.1) is 0 Å². The van der Waals surface area contributed by atoms with Crippen molar-refractivity contribution < 1.29 is 19.5 Å². The number of hydrogen-bond donors (Lipinski definition) is 1. The van der Waals surface area contributed by atoms with Crippen molar-refractivity contribution in [2.45, 2.75) is 91.1 Å². The number of carbonyl (C=O) groups is 3. The van der Waals surface area contributed by atoms with Crippen molar-refractivity contribution in [1.29, 1.82) is 0 Å². The van der Waals surface area contributed by atoms with Crippen LogP contribution in [0.2, 0.25) is 0 Å². The number of likely N-dealkylation sites (N-methyl/N-ethyl adjacent to an activating group) is 1. The van der Waals surface area contributed by atoms with Gasteiger partial charge < -0.3 is 33.8 Å². The molecular formula is C46H52N10O4. The smallest absolute Gasteiger partial charge is 0.256 e. The number of pyridine rings is 4. The molecule has 60 heavy (non-hydrogen) atoms. The molecule has 14 nitrogen and oxygen atoms in total. The van der Waals surface area contributed by atoms with Gasteiger partial charge in [0.25, 0.3) is 11.8 Å². The van der Waals surface area contributed by atoms with Gasteiger partial charge in [0.15, 0.2) is 5.78 Å². The van der Waals surface area contributed by atoms with E-state index in [1.807, 2.05) is 18.1 Å². The Balaban J connectivity index is 0.838. The summed E-state index contributed by atoms with van der Waals surface area (Å²) in [6.07, 6.45) is 12.4. The molecule has 0 spiro atoms. The Labute approximate surface area is 348 Å². The van der Waals surface area contributed by atoms with Gasteiger partial charge >= 0.3 is 0 Å². The minimum atomic E-state index is -0.504. The van der Waals surface area contributed by atoms with Crippen LogP contribution in [0.3, 0.4) is 0 Å². The van der Waals surface area contributed by atoms with Gasteiger partial charge in [-0.3, -0.25) is 14.4 Å². The third-order valence-corrected chi connectivity index (χ3v) is 14.6. The Hall–Kier alpha value is -5.31. The highest BCUT2D eigenvalue weighted by molar-refractivity contribution is 6.17. The van der Waals surface area contributed by atoms with Crippen molar-refractivity contribution in [1.82, 2.24) is 48.7 Å². The third kappa shape index (κ3) is 5.66. The maximum atomic E-state index is 14.2. The molecule has 0 saturated carbocycles. The quantitative estimate of drug-likeness (QED) is 0.194. The second-order valence-electron chi connectivity index (χ2n) is 17.7. The second-order valence-corrected chi connectivity index (χ2v) is 17.7. The summed E-state index contributed by atoms with van der Waals surface area (Å²) < 4.78 is 4.45. The first-order valence-corrected chi connectivity index (χ1v) is 22.1. The molecule has 1 saturated heterocycles. The van der Waals surface area contributed by atoms with E-state index in [0.29, 0.717) is 49.5 Å². The van der Waals surface area contributed by atoms with Crippen molar-refractivity contribution in [3.05, 3.63) is 69.3 Å². The number of carbonyl (C=O) groups excluding carboxylic acids is 3. The standard InChI is InChI=1S/C46H52N10O4/c1-4-52(5-2)15-17-55-43-39(33-24-51(3)45(59)31(33)21-49-43)40-34-25-54(46(60)32(34)22-50-44(40)55)23-26-7-6-13-53(14-12-26)16-18-56-41-37(27-8-10-35(57)29(27)19-47-41)38-28-9-11-36(58)30(28)20-48-42(38)56/h19-22,26,35,57H,4-18,23-25H2,1-3H3. The van der Waals surface area contributed by atoms with E-state index in [1.165, 1.54) is 0 Å². The van der Waals surface area contributed by atoms with Crippen LogP contribution >= 0.6 is 0 Å². The van der Waals surface area contributed by atoms with E-state index in [9.17, 15) is 19.5 Å². The topological polar surface area (TPSA) is 146 Å². The Morgan fingerprint density at radius 3 is 2.03 bits per heavy atom. The van der Waals surface area contributed by atoms with Crippen molar-refractivity contribution in [3.8, 4) is 0 Å². The lowest BCUT2D eigenvalue weighted by atomic mass is 10.00. The van der Waals surface area contributed by atoms with Gasteiger partial charge in [0, 0.05) is 117 Å². The molecule has 11 rings (SSSR count). The van der Waals surface area contributed by atoms with Gasteiger partial charge in [-0.05, 0) is 92.9 Å². The molecule has 3 aliphatic heterocycles. The summed E-state index contributed by atoms with van der Waals surface area (Å²) in [6.45, 7) is 13.1. The average Bonchev–Trinajstić information content (AvgIpc) is 4.07. The Morgan fingerprint density at radius 1 is 0.667 bits per heavy atom. The van der Waals surface area contributed by atoms with Crippen molar-refractivity contribution in [2.24, 2.45) is 5.92 Å². The molecule has 5 aliphatic rings. The molecule has 9 heterocycles. The van der Waals surface area contributed by atoms with Crippen LogP contribution < -0.4 is 0 Å². The monoisotopic (exact) mass is 808 g/mol. The van der Waals surface area contributed by atoms with Crippen LogP contribution in [0, 0.1) is 5.92 Å². The second kappa shape index (κ2) is 14.4. The molecule has 6 aromatic heterocycles. The molecule has 0 radical (unpaired) electrons. The number of rotatable bonds is 10. The van der Waals surface area contributed by atoms with Crippen molar-refractivity contribution in [3.63, 3.8) is 0 Å². The number of aryl methyl sites for hydroxylation is 2. The molecule has 1 fully saturated rings. The predicted octanol–water partition coefficient (Wildman–Crippen LogP) is 5.28. The Morgan fingerprint density at radius 2 is 1.30 bits per heavy atom. The zero-order valence-electron chi connectivity index (χ0n) is 34.8. The van der Waals surface area contributed by atoms with E-state index in [-0.39, 0.29) is 17.6 Å². The fourth-order valence-corrected chi connectivity index (χ4v) is 11.3. The van der Waals surface area contributed by atoms with E-state index in [1.54, 1.807) is 23.5 Å². The third-order valence-electron chi connectivity index (χ3n) is 14.6. The molecule has 2 aliphatic carbocycles. The summed E-state index contributed by atoms with van der Waals surface area (Å²) >= 11 is 0. The van der Waals surface area contributed by atoms with Crippen LogP contribution in [0.5, 0.6) is 0 Å². The number of amides is 2. The first-order valence-electron chi connectivity index (χ1n) is 22.1.